The van der Waals surface area contributed by atoms with Crippen molar-refractivity contribution in [2.45, 2.75) is 31.9 Å². The smallest absolute Gasteiger partial charge is 0.265 e. The lowest BCUT2D eigenvalue weighted by Gasteiger charge is -2.22. The molecule has 0 spiro atoms. The number of carbonyl (C=O) groups is 1. The number of halogens is 1. The average Bonchev–Trinajstić information content (AvgIpc) is 3.09. The van der Waals surface area contributed by atoms with Crippen LogP contribution in [-0.4, -0.2) is 28.4 Å². The van der Waals surface area contributed by atoms with Gasteiger partial charge >= 0.3 is 0 Å². The first-order chi connectivity index (χ1) is 10.2. The van der Waals surface area contributed by atoms with Gasteiger partial charge in [0.05, 0.1) is 33.7 Å². The van der Waals surface area contributed by atoms with Crippen molar-refractivity contribution >= 4 is 34.5 Å². The zero-order valence-electron chi connectivity index (χ0n) is 11.4. The molecule has 1 atom stereocenters. The fraction of sp³-hybridized carbons (Fsp3) is 0.429. The molecule has 1 N–H and O–H groups in total. The van der Waals surface area contributed by atoms with Gasteiger partial charge in [0.1, 0.15) is 0 Å². The lowest BCUT2D eigenvalue weighted by molar-refractivity contribution is 0.00401. The molecule has 5 nitrogen and oxygen atoms in total. The van der Waals surface area contributed by atoms with E-state index in [9.17, 15) is 4.79 Å². The number of ether oxygens (including phenoxy) is 1. The zero-order valence-corrected chi connectivity index (χ0v) is 13.0. The molecular formula is C14H16ClN3O2S. The summed E-state index contributed by atoms with van der Waals surface area (Å²) in [5.74, 6) is -0.166. The number of amides is 1. The second-order valence-corrected chi connectivity index (χ2v) is 6.71. The highest BCUT2D eigenvalue weighted by molar-refractivity contribution is 7.18. The summed E-state index contributed by atoms with van der Waals surface area (Å²) in [6.45, 7) is 1.55. The number of thiophene rings is 1. The molecule has 0 aromatic carbocycles. The fourth-order valence-corrected chi connectivity index (χ4v) is 3.26. The van der Waals surface area contributed by atoms with Crippen LogP contribution in [0.4, 0.5) is 5.69 Å². The zero-order chi connectivity index (χ0) is 14.7. The van der Waals surface area contributed by atoms with Gasteiger partial charge < -0.3 is 10.1 Å². The van der Waals surface area contributed by atoms with E-state index < -0.39 is 0 Å². The second-order valence-electron chi connectivity index (χ2n) is 5.00. The molecule has 1 saturated heterocycles. The Morgan fingerprint density at radius 3 is 3.14 bits per heavy atom. The minimum Gasteiger partial charge on any atom is -0.376 e. The van der Waals surface area contributed by atoms with E-state index in [2.05, 4.69) is 10.4 Å². The Morgan fingerprint density at radius 1 is 1.52 bits per heavy atom. The third kappa shape index (κ3) is 3.84. The van der Waals surface area contributed by atoms with E-state index in [0.29, 0.717) is 14.9 Å². The number of anilines is 1. The lowest BCUT2D eigenvalue weighted by Crippen LogP contribution is -2.24. The highest BCUT2D eigenvalue weighted by Gasteiger charge is 2.15. The van der Waals surface area contributed by atoms with E-state index in [1.165, 1.54) is 17.8 Å². The van der Waals surface area contributed by atoms with Crippen LogP contribution in [0, 0.1) is 0 Å². The van der Waals surface area contributed by atoms with Crippen LogP contribution in [0.1, 0.15) is 28.9 Å². The van der Waals surface area contributed by atoms with Gasteiger partial charge in [-0.1, -0.05) is 11.6 Å². The molecule has 1 amide bonds. The van der Waals surface area contributed by atoms with Gasteiger partial charge in [0, 0.05) is 12.8 Å². The maximum absolute atomic E-state index is 12.0. The predicted molar refractivity (Wildman–Crippen MR) is 83.1 cm³/mol. The van der Waals surface area contributed by atoms with Crippen LogP contribution < -0.4 is 5.32 Å². The standard InChI is InChI=1S/C14H16ClN3O2S/c15-13-5-4-12(21-13)14(19)17-10-7-16-18(8-10)9-11-3-1-2-6-20-11/h4-5,7-8,11H,1-3,6,9H2,(H,17,19)/t11-/m1/s1. The van der Waals surface area contributed by atoms with E-state index in [4.69, 9.17) is 16.3 Å². The van der Waals surface area contributed by atoms with Crippen molar-refractivity contribution in [2.24, 2.45) is 0 Å². The first-order valence-corrected chi connectivity index (χ1v) is 8.11. The molecule has 1 fully saturated rings. The summed E-state index contributed by atoms with van der Waals surface area (Å²) in [6.07, 6.45) is 7.10. The van der Waals surface area contributed by atoms with Gasteiger partial charge in [-0.25, -0.2) is 0 Å². The van der Waals surface area contributed by atoms with Crippen LogP contribution in [0.3, 0.4) is 0 Å². The molecule has 2 aromatic heterocycles. The Bertz CT molecular complexity index is 619. The van der Waals surface area contributed by atoms with Crippen LogP contribution in [0.2, 0.25) is 4.34 Å². The highest BCUT2D eigenvalue weighted by atomic mass is 35.5. The van der Waals surface area contributed by atoms with E-state index in [1.54, 1.807) is 18.3 Å². The Morgan fingerprint density at radius 2 is 2.43 bits per heavy atom. The maximum atomic E-state index is 12.0. The van der Waals surface area contributed by atoms with Gasteiger partial charge in [-0.15, -0.1) is 11.3 Å². The monoisotopic (exact) mass is 325 g/mol. The van der Waals surface area contributed by atoms with Crippen molar-refractivity contribution in [1.29, 1.82) is 0 Å². The molecule has 1 aliphatic heterocycles. The van der Waals surface area contributed by atoms with Crippen molar-refractivity contribution in [3.8, 4) is 0 Å². The summed E-state index contributed by atoms with van der Waals surface area (Å²) in [7, 11) is 0. The van der Waals surface area contributed by atoms with Gasteiger partial charge in [0.2, 0.25) is 0 Å². The van der Waals surface area contributed by atoms with Gasteiger partial charge in [0.15, 0.2) is 0 Å². The highest BCUT2D eigenvalue weighted by Crippen LogP contribution is 2.22. The van der Waals surface area contributed by atoms with Crippen molar-refractivity contribution in [3.05, 3.63) is 33.7 Å². The molecule has 0 saturated carbocycles. The van der Waals surface area contributed by atoms with Crippen LogP contribution in [-0.2, 0) is 11.3 Å². The molecule has 0 aliphatic carbocycles. The van der Waals surface area contributed by atoms with Crippen molar-refractivity contribution in [1.82, 2.24) is 9.78 Å². The minimum atomic E-state index is -0.166. The van der Waals surface area contributed by atoms with Crippen LogP contribution >= 0.6 is 22.9 Å². The summed E-state index contributed by atoms with van der Waals surface area (Å²) >= 11 is 7.08. The lowest BCUT2D eigenvalue weighted by atomic mass is 10.1. The van der Waals surface area contributed by atoms with Gasteiger partial charge in [-0.2, -0.15) is 5.10 Å². The molecule has 3 rings (SSSR count). The predicted octanol–water partition coefficient (Wildman–Crippen LogP) is 3.42. The van der Waals surface area contributed by atoms with Gasteiger partial charge in [-0.05, 0) is 31.4 Å². The average molecular weight is 326 g/mol. The number of hydrogen-bond donors (Lipinski definition) is 1. The molecule has 21 heavy (non-hydrogen) atoms. The van der Waals surface area contributed by atoms with Crippen LogP contribution in [0.5, 0.6) is 0 Å². The second kappa shape index (κ2) is 6.60. The molecular weight excluding hydrogens is 310 g/mol. The molecule has 3 heterocycles. The first-order valence-electron chi connectivity index (χ1n) is 6.91. The van der Waals surface area contributed by atoms with Gasteiger partial charge in [-0.3, -0.25) is 9.48 Å². The first kappa shape index (κ1) is 14.6. The summed E-state index contributed by atoms with van der Waals surface area (Å²) in [5.41, 5.74) is 0.681. The molecule has 2 aromatic rings. The number of nitrogens with one attached hydrogen (secondary N) is 1. The molecule has 0 unspecified atom stereocenters. The summed E-state index contributed by atoms with van der Waals surface area (Å²) in [6, 6.07) is 3.42. The number of rotatable bonds is 4. The quantitative estimate of drug-likeness (QED) is 0.937. The number of hydrogen-bond acceptors (Lipinski definition) is 4. The fourth-order valence-electron chi connectivity index (χ4n) is 2.32. The Hall–Kier alpha value is -1.37. The minimum absolute atomic E-state index is 0.166. The van der Waals surface area contributed by atoms with E-state index in [1.807, 2.05) is 10.9 Å². The Labute approximate surface area is 131 Å². The third-order valence-corrected chi connectivity index (χ3v) is 4.58. The summed E-state index contributed by atoms with van der Waals surface area (Å²) in [5, 5.41) is 7.08. The number of carbonyl (C=O) groups excluding carboxylic acids is 1. The summed E-state index contributed by atoms with van der Waals surface area (Å²) in [4.78, 5) is 12.6. The Kier molecular flexibility index (Phi) is 4.57. The largest absolute Gasteiger partial charge is 0.376 e. The molecule has 0 bridgehead atoms. The number of nitrogens with zero attached hydrogens (tertiary/aromatic N) is 2. The van der Waals surface area contributed by atoms with Crippen molar-refractivity contribution in [2.75, 3.05) is 11.9 Å². The van der Waals surface area contributed by atoms with E-state index in [0.717, 1.165) is 26.0 Å². The summed E-state index contributed by atoms with van der Waals surface area (Å²) < 4.78 is 8.10. The molecule has 112 valence electrons. The number of aromatic nitrogens is 2. The van der Waals surface area contributed by atoms with Crippen LogP contribution in [0.15, 0.2) is 24.5 Å². The van der Waals surface area contributed by atoms with Gasteiger partial charge in [0.25, 0.3) is 5.91 Å². The third-order valence-electron chi connectivity index (χ3n) is 3.35. The van der Waals surface area contributed by atoms with Crippen molar-refractivity contribution in [3.63, 3.8) is 0 Å². The molecule has 1 aliphatic rings. The SMILES string of the molecule is O=C(Nc1cnn(C[C@H]2CCCCO2)c1)c1ccc(Cl)s1. The van der Waals surface area contributed by atoms with E-state index in [-0.39, 0.29) is 12.0 Å². The Balaban J connectivity index is 1.58. The van der Waals surface area contributed by atoms with E-state index >= 15 is 0 Å². The topological polar surface area (TPSA) is 56.2 Å². The van der Waals surface area contributed by atoms with Crippen molar-refractivity contribution < 1.29 is 9.53 Å². The molecule has 7 heteroatoms. The molecule has 0 radical (unpaired) electrons. The maximum Gasteiger partial charge on any atom is 0.265 e. The van der Waals surface area contributed by atoms with Crippen LogP contribution in [0.25, 0.3) is 0 Å². The normalized spacial score (nSPS) is 18.6.